The van der Waals surface area contributed by atoms with Crippen LogP contribution in [0.15, 0.2) is 55.6 Å². The third-order valence-electron chi connectivity index (χ3n) is 10.1. The van der Waals surface area contributed by atoms with Gasteiger partial charge in [0.1, 0.15) is 17.7 Å². The number of fused-ring (bicyclic) bond motifs is 1. The molecule has 1 aromatic carbocycles. The molecule has 3 aliphatic heterocycles. The fourth-order valence-corrected chi connectivity index (χ4v) is 7.60. The second-order valence-electron chi connectivity index (χ2n) is 13.3. The molecule has 0 saturated carbocycles. The Balaban J connectivity index is 1.72. The monoisotopic (exact) mass is 637 g/mol. The first-order valence-electron chi connectivity index (χ1n) is 16.6. The van der Waals surface area contributed by atoms with Crippen molar-refractivity contribution < 1.29 is 33.8 Å². The molecule has 2 N–H and O–H groups in total. The summed E-state index contributed by atoms with van der Waals surface area (Å²) in [6.07, 6.45) is 4.27. The second kappa shape index (κ2) is 14.9. The van der Waals surface area contributed by atoms with Gasteiger partial charge in [0.15, 0.2) is 0 Å². The molecule has 46 heavy (non-hydrogen) atoms. The number of nitrogens with one attached hydrogen (secondary N) is 1. The number of rotatable bonds is 16. The topological polar surface area (TPSA) is 125 Å². The summed E-state index contributed by atoms with van der Waals surface area (Å²) in [5.74, 6) is -3.44. The average molecular weight is 638 g/mol. The maximum absolute atomic E-state index is 14.6. The van der Waals surface area contributed by atoms with Crippen molar-refractivity contribution in [1.82, 2.24) is 15.1 Å². The summed E-state index contributed by atoms with van der Waals surface area (Å²) in [6, 6.07) is 6.80. The maximum atomic E-state index is 14.6. The standard InChI is InChI=1S/C36H51N3O7/c1-8-11-17-28(41)37-24(7)31(25-15-13-12-14-16-25)45-35(44)29-27-18-19-36(46-27)30(29)33(42)39(26(21-40)23(6)10-3)32(36)34(43)38(20-9-2)22(4)5/h8-9,12-16,22-24,26-27,29-32,40H,1-2,10-11,17-21H2,3-7H3,(H,37,41)/t23-,24+,26-,27+,29-,30-,31+,32+,36-/m0/s1. The molecule has 3 saturated heterocycles. The van der Waals surface area contributed by atoms with Crippen LogP contribution >= 0.6 is 0 Å². The van der Waals surface area contributed by atoms with Gasteiger partial charge in [-0.25, -0.2) is 0 Å². The molecule has 3 aliphatic rings. The van der Waals surface area contributed by atoms with Crippen molar-refractivity contribution in [3.63, 3.8) is 0 Å². The molecule has 0 radical (unpaired) electrons. The van der Waals surface area contributed by atoms with Crippen LogP contribution in [0.5, 0.6) is 0 Å². The van der Waals surface area contributed by atoms with E-state index in [2.05, 4.69) is 18.5 Å². The number of hydrogen-bond donors (Lipinski definition) is 2. The van der Waals surface area contributed by atoms with E-state index < -0.39 is 53.7 Å². The van der Waals surface area contributed by atoms with Crippen LogP contribution in [-0.4, -0.2) is 87.6 Å². The Labute approximate surface area is 273 Å². The molecule has 0 unspecified atom stereocenters. The highest BCUT2D eigenvalue weighted by Gasteiger charge is 2.76. The quantitative estimate of drug-likeness (QED) is 0.208. The minimum atomic E-state index is -1.23. The Kier molecular flexibility index (Phi) is 11.5. The third-order valence-corrected chi connectivity index (χ3v) is 10.1. The first-order chi connectivity index (χ1) is 22.0. The van der Waals surface area contributed by atoms with Gasteiger partial charge in [-0.2, -0.15) is 0 Å². The lowest BCUT2D eigenvalue weighted by Crippen LogP contribution is -2.60. The van der Waals surface area contributed by atoms with Crippen LogP contribution in [0.1, 0.15) is 78.4 Å². The summed E-state index contributed by atoms with van der Waals surface area (Å²) in [4.78, 5) is 59.1. The highest BCUT2D eigenvalue weighted by Crippen LogP contribution is 2.59. The first-order valence-corrected chi connectivity index (χ1v) is 16.6. The van der Waals surface area contributed by atoms with Gasteiger partial charge in [0, 0.05) is 19.0 Å². The molecule has 2 bridgehead atoms. The van der Waals surface area contributed by atoms with Crippen molar-refractivity contribution in [3.05, 3.63) is 61.2 Å². The molecule has 1 spiro atoms. The number of nitrogens with zero attached hydrogens (tertiary/aromatic N) is 2. The van der Waals surface area contributed by atoms with Gasteiger partial charge in [0.05, 0.1) is 36.6 Å². The molecule has 3 heterocycles. The molecule has 252 valence electrons. The van der Waals surface area contributed by atoms with E-state index in [9.17, 15) is 24.3 Å². The number of esters is 1. The zero-order valence-corrected chi connectivity index (χ0v) is 27.9. The van der Waals surface area contributed by atoms with Crippen LogP contribution in [0.4, 0.5) is 0 Å². The summed E-state index contributed by atoms with van der Waals surface area (Å²) in [7, 11) is 0. The largest absolute Gasteiger partial charge is 0.455 e. The minimum absolute atomic E-state index is 0.109. The van der Waals surface area contributed by atoms with E-state index >= 15 is 0 Å². The smallest absolute Gasteiger partial charge is 0.313 e. The molecule has 10 heteroatoms. The number of benzene rings is 1. The molecular formula is C36H51N3O7. The normalized spacial score (nSPS) is 27.5. The summed E-state index contributed by atoms with van der Waals surface area (Å²) in [5, 5.41) is 13.5. The number of aliphatic hydroxyl groups excluding tert-OH is 1. The van der Waals surface area contributed by atoms with Crippen LogP contribution in [0.25, 0.3) is 0 Å². The van der Waals surface area contributed by atoms with Crippen molar-refractivity contribution >= 4 is 23.7 Å². The number of allylic oxidation sites excluding steroid dienone is 1. The van der Waals surface area contributed by atoms with Gasteiger partial charge in [-0.3, -0.25) is 19.2 Å². The molecule has 9 atom stereocenters. The Morgan fingerprint density at radius 2 is 1.87 bits per heavy atom. The van der Waals surface area contributed by atoms with Gasteiger partial charge in [0.2, 0.25) is 17.7 Å². The van der Waals surface area contributed by atoms with Gasteiger partial charge in [-0.1, -0.05) is 62.8 Å². The molecule has 4 rings (SSSR count). The molecule has 1 aromatic rings. The Bertz CT molecular complexity index is 1290. The van der Waals surface area contributed by atoms with Gasteiger partial charge in [-0.15, -0.1) is 13.2 Å². The predicted octanol–water partition coefficient (Wildman–Crippen LogP) is 3.95. The molecule has 3 fully saturated rings. The van der Waals surface area contributed by atoms with Gasteiger partial charge in [-0.05, 0) is 51.5 Å². The number of hydrogen-bond acceptors (Lipinski definition) is 7. The van der Waals surface area contributed by atoms with Gasteiger partial charge in [0.25, 0.3) is 0 Å². The molecule has 10 nitrogen and oxygen atoms in total. The van der Waals surface area contributed by atoms with Crippen molar-refractivity contribution in [1.29, 1.82) is 0 Å². The van der Waals surface area contributed by atoms with Gasteiger partial charge >= 0.3 is 5.97 Å². The third kappa shape index (κ3) is 6.51. The van der Waals surface area contributed by atoms with E-state index in [0.29, 0.717) is 31.2 Å². The highest BCUT2D eigenvalue weighted by atomic mass is 16.6. The molecule has 0 aromatic heterocycles. The lowest BCUT2D eigenvalue weighted by atomic mass is 9.70. The first kappa shape index (κ1) is 35.4. The number of ether oxygens (including phenoxy) is 2. The summed E-state index contributed by atoms with van der Waals surface area (Å²) in [6.45, 7) is 17.0. The summed E-state index contributed by atoms with van der Waals surface area (Å²) >= 11 is 0. The van der Waals surface area contributed by atoms with E-state index in [-0.39, 0.29) is 49.3 Å². The van der Waals surface area contributed by atoms with Crippen LogP contribution in [-0.2, 0) is 28.7 Å². The number of carbonyl (C=O) groups is 4. The Hall–Kier alpha value is -3.50. The lowest BCUT2D eigenvalue weighted by Gasteiger charge is -2.41. The molecule has 0 aliphatic carbocycles. The van der Waals surface area contributed by atoms with E-state index in [1.54, 1.807) is 24.0 Å². The fourth-order valence-electron chi connectivity index (χ4n) is 7.60. The van der Waals surface area contributed by atoms with E-state index in [0.717, 1.165) is 0 Å². The fraction of sp³-hybridized carbons (Fsp3) is 0.611. The van der Waals surface area contributed by atoms with Crippen LogP contribution in [0.2, 0.25) is 0 Å². The highest BCUT2D eigenvalue weighted by molar-refractivity contribution is 5.98. The average Bonchev–Trinajstić information content (AvgIpc) is 3.69. The SMILES string of the molecule is C=CCCC(=O)N[C@H](C)[C@@H](OC(=O)[C@@H]1[C@H]2C(=O)N([C@@H](CO)[C@@H](C)CC)[C@H](C(=O)N(CC=C)C(C)C)[C@]23CC[C@H]1O3)c1ccccc1. The number of likely N-dealkylation sites (tertiary alicyclic amines) is 1. The van der Waals surface area contributed by atoms with E-state index in [1.165, 1.54) is 4.90 Å². The van der Waals surface area contributed by atoms with Crippen molar-refractivity contribution in [2.24, 2.45) is 17.8 Å². The maximum Gasteiger partial charge on any atom is 0.313 e. The van der Waals surface area contributed by atoms with Crippen LogP contribution in [0.3, 0.4) is 0 Å². The second-order valence-corrected chi connectivity index (χ2v) is 13.3. The summed E-state index contributed by atoms with van der Waals surface area (Å²) in [5.41, 5.74) is -0.530. The van der Waals surface area contributed by atoms with E-state index in [1.807, 2.05) is 58.0 Å². The van der Waals surface area contributed by atoms with Crippen LogP contribution in [0, 0.1) is 17.8 Å². The van der Waals surface area contributed by atoms with Crippen molar-refractivity contribution in [2.75, 3.05) is 13.2 Å². The minimum Gasteiger partial charge on any atom is -0.455 e. The van der Waals surface area contributed by atoms with Crippen molar-refractivity contribution in [3.8, 4) is 0 Å². The Morgan fingerprint density at radius 1 is 1.17 bits per heavy atom. The van der Waals surface area contributed by atoms with E-state index in [4.69, 9.17) is 9.47 Å². The number of carbonyl (C=O) groups excluding carboxylic acids is 4. The zero-order valence-electron chi connectivity index (χ0n) is 27.9. The predicted molar refractivity (Wildman–Crippen MR) is 174 cm³/mol. The number of amides is 3. The lowest BCUT2D eigenvalue weighted by molar-refractivity contribution is -0.163. The Morgan fingerprint density at radius 3 is 2.46 bits per heavy atom. The van der Waals surface area contributed by atoms with Crippen LogP contribution < -0.4 is 5.32 Å². The number of aliphatic hydroxyl groups is 1. The molecule has 3 amide bonds. The zero-order chi connectivity index (χ0) is 33.8. The van der Waals surface area contributed by atoms with Gasteiger partial charge < -0.3 is 29.7 Å². The van der Waals surface area contributed by atoms with Crippen molar-refractivity contribution in [2.45, 2.75) is 109 Å². The summed E-state index contributed by atoms with van der Waals surface area (Å²) < 4.78 is 12.8. The molecular weight excluding hydrogens is 586 g/mol.